The van der Waals surface area contributed by atoms with E-state index in [0.717, 1.165) is 30.9 Å². The lowest BCUT2D eigenvalue weighted by Gasteiger charge is -2.54. The molecule has 0 bridgehead atoms. The van der Waals surface area contributed by atoms with E-state index in [9.17, 15) is 0 Å². The highest BCUT2D eigenvalue weighted by Gasteiger charge is 2.51. The van der Waals surface area contributed by atoms with Gasteiger partial charge in [-0.2, -0.15) is 0 Å². The molecule has 4 atom stereocenters. The molecule has 1 N–H and O–H groups in total. The van der Waals surface area contributed by atoms with Crippen LogP contribution < -0.4 is 5.32 Å². The van der Waals surface area contributed by atoms with Gasteiger partial charge in [-0.1, -0.05) is 19.0 Å². The Labute approximate surface area is 122 Å². The van der Waals surface area contributed by atoms with Crippen molar-refractivity contribution in [3.8, 4) is 0 Å². The lowest BCUT2D eigenvalue weighted by atomic mass is 9.61. The normalized spacial score (nSPS) is 31.1. The Balaban J connectivity index is 2.04. The molecule has 0 aliphatic heterocycles. The van der Waals surface area contributed by atoms with Crippen molar-refractivity contribution in [3.05, 3.63) is 17.0 Å². The summed E-state index contributed by atoms with van der Waals surface area (Å²) in [5.74, 6) is 0.918. The van der Waals surface area contributed by atoms with Gasteiger partial charge in [0.25, 0.3) is 0 Å². The molecule has 1 aliphatic carbocycles. The van der Waals surface area contributed by atoms with Gasteiger partial charge in [-0.15, -0.1) is 0 Å². The Kier molecular flexibility index (Phi) is 4.55. The summed E-state index contributed by atoms with van der Waals surface area (Å²) < 4.78 is 11.1. The average molecular weight is 280 g/mol. The Morgan fingerprint density at radius 3 is 2.65 bits per heavy atom. The molecule has 1 saturated carbocycles. The van der Waals surface area contributed by atoms with Gasteiger partial charge in [0, 0.05) is 29.7 Å². The average Bonchev–Trinajstić information content (AvgIpc) is 2.76. The second kappa shape index (κ2) is 5.86. The van der Waals surface area contributed by atoms with Crippen LogP contribution in [0.15, 0.2) is 4.52 Å². The van der Waals surface area contributed by atoms with Gasteiger partial charge in [0.2, 0.25) is 0 Å². The van der Waals surface area contributed by atoms with E-state index in [0.29, 0.717) is 12.1 Å². The van der Waals surface area contributed by atoms with Crippen molar-refractivity contribution >= 4 is 0 Å². The molecule has 1 fully saturated rings. The molecule has 0 aromatic carbocycles. The minimum Gasteiger partial charge on any atom is -0.378 e. The van der Waals surface area contributed by atoms with E-state index in [2.05, 4.69) is 38.2 Å². The Hall–Kier alpha value is -0.870. The van der Waals surface area contributed by atoms with Crippen molar-refractivity contribution in [2.24, 2.45) is 5.41 Å². The van der Waals surface area contributed by atoms with Crippen LogP contribution in [-0.2, 0) is 4.74 Å². The van der Waals surface area contributed by atoms with Gasteiger partial charge in [0.15, 0.2) is 0 Å². The summed E-state index contributed by atoms with van der Waals surface area (Å²) in [5, 5.41) is 7.80. The van der Waals surface area contributed by atoms with Crippen molar-refractivity contribution in [1.82, 2.24) is 10.5 Å². The fraction of sp³-hybridized carbons (Fsp3) is 0.812. The maximum Gasteiger partial charge on any atom is 0.138 e. The van der Waals surface area contributed by atoms with Crippen LogP contribution in [0.1, 0.15) is 63.6 Å². The first kappa shape index (κ1) is 15.5. The van der Waals surface area contributed by atoms with Crippen molar-refractivity contribution in [3.63, 3.8) is 0 Å². The van der Waals surface area contributed by atoms with Crippen LogP contribution in [0, 0.1) is 19.3 Å². The van der Waals surface area contributed by atoms with Gasteiger partial charge >= 0.3 is 0 Å². The predicted octanol–water partition coefficient (Wildman–Crippen LogP) is 3.54. The van der Waals surface area contributed by atoms with E-state index in [1.54, 1.807) is 0 Å². The number of ether oxygens (including phenoxy) is 1. The molecule has 4 unspecified atom stereocenters. The zero-order valence-corrected chi connectivity index (χ0v) is 13.6. The molecule has 1 aromatic rings. The Morgan fingerprint density at radius 1 is 1.45 bits per heavy atom. The van der Waals surface area contributed by atoms with Gasteiger partial charge in [0.1, 0.15) is 5.76 Å². The molecular weight excluding hydrogens is 252 g/mol. The molecule has 0 amide bonds. The van der Waals surface area contributed by atoms with Gasteiger partial charge in [-0.25, -0.2) is 0 Å². The fourth-order valence-electron chi connectivity index (χ4n) is 3.50. The summed E-state index contributed by atoms with van der Waals surface area (Å²) in [6, 6.07) is 0.757. The Morgan fingerprint density at radius 2 is 2.15 bits per heavy atom. The predicted molar refractivity (Wildman–Crippen MR) is 79.7 cm³/mol. The van der Waals surface area contributed by atoms with E-state index in [-0.39, 0.29) is 11.5 Å². The third kappa shape index (κ3) is 2.51. The molecule has 1 heterocycles. The first-order valence-electron chi connectivity index (χ1n) is 7.74. The maximum absolute atomic E-state index is 5.86. The van der Waals surface area contributed by atoms with E-state index in [4.69, 9.17) is 9.26 Å². The SMILES string of the molecule is CCOC1CC(NC(C)c2c(C)noc2C)C1(C)CC. The molecule has 1 aliphatic rings. The van der Waals surface area contributed by atoms with E-state index in [1.165, 1.54) is 5.56 Å². The van der Waals surface area contributed by atoms with Crippen LogP contribution in [0.5, 0.6) is 0 Å². The second-order valence-electron chi connectivity index (χ2n) is 6.22. The Bertz CT molecular complexity index is 438. The zero-order valence-electron chi connectivity index (χ0n) is 13.6. The minimum atomic E-state index is 0.225. The van der Waals surface area contributed by atoms with Crippen LogP contribution in [0.3, 0.4) is 0 Å². The quantitative estimate of drug-likeness (QED) is 0.866. The highest BCUT2D eigenvalue weighted by Crippen LogP contribution is 2.46. The number of hydrogen-bond donors (Lipinski definition) is 1. The van der Waals surface area contributed by atoms with Crippen molar-refractivity contribution < 1.29 is 9.26 Å². The van der Waals surface area contributed by atoms with Crippen LogP contribution in [0.25, 0.3) is 0 Å². The zero-order chi connectivity index (χ0) is 14.9. The smallest absolute Gasteiger partial charge is 0.138 e. The fourth-order valence-corrected chi connectivity index (χ4v) is 3.50. The molecule has 20 heavy (non-hydrogen) atoms. The lowest BCUT2D eigenvalue weighted by molar-refractivity contribution is -0.127. The number of aromatic nitrogens is 1. The van der Waals surface area contributed by atoms with Gasteiger partial charge in [-0.3, -0.25) is 0 Å². The van der Waals surface area contributed by atoms with Crippen LogP contribution >= 0.6 is 0 Å². The molecule has 0 saturated heterocycles. The molecule has 4 nitrogen and oxygen atoms in total. The summed E-state index contributed by atoms with van der Waals surface area (Å²) in [5.41, 5.74) is 2.41. The molecule has 114 valence electrons. The van der Waals surface area contributed by atoms with Crippen LogP contribution in [0.2, 0.25) is 0 Å². The standard InChI is InChI=1S/C16H28N2O2/c1-7-16(6)13(9-14(16)19-8-2)17-10(3)15-11(4)18-20-12(15)5/h10,13-14,17H,7-9H2,1-6H3. The molecule has 0 radical (unpaired) electrons. The molecule has 1 aromatic heterocycles. The number of rotatable bonds is 6. The molecule has 4 heteroatoms. The molecular formula is C16H28N2O2. The topological polar surface area (TPSA) is 47.3 Å². The highest BCUT2D eigenvalue weighted by molar-refractivity contribution is 5.25. The summed E-state index contributed by atoms with van der Waals surface area (Å²) in [6.45, 7) is 13.6. The first-order chi connectivity index (χ1) is 9.43. The lowest BCUT2D eigenvalue weighted by Crippen LogP contribution is -2.62. The number of nitrogens with zero attached hydrogens (tertiary/aromatic N) is 1. The van der Waals surface area contributed by atoms with Gasteiger partial charge in [0.05, 0.1) is 11.8 Å². The summed E-state index contributed by atoms with van der Waals surface area (Å²) in [7, 11) is 0. The van der Waals surface area contributed by atoms with Crippen LogP contribution in [-0.4, -0.2) is 23.9 Å². The van der Waals surface area contributed by atoms with E-state index < -0.39 is 0 Å². The third-order valence-corrected chi connectivity index (χ3v) is 5.08. The first-order valence-corrected chi connectivity index (χ1v) is 7.74. The number of hydrogen-bond acceptors (Lipinski definition) is 4. The van der Waals surface area contributed by atoms with Crippen molar-refractivity contribution in [2.75, 3.05) is 6.61 Å². The summed E-state index contributed by atoms with van der Waals surface area (Å²) in [6.07, 6.45) is 2.60. The van der Waals surface area contributed by atoms with E-state index in [1.807, 2.05) is 13.8 Å². The summed E-state index contributed by atoms with van der Waals surface area (Å²) in [4.78, 5) is 0. The molecule has 0 spiro atoms. The maximum atomic E-state index is 5.86. The number of nitrogens with one attached hydrogen (secondary N) is 1. The van der Waals surface area contributed by atoms with Gasteiger partial charge < -0.3 is 14.6 Å². The number of aryl methyl sites for hydroxylation is 2. The van der Waals surface area contributed by atoms with Crippen molar-refractivity contribution in [2.45, 2.75) is 72.6 Å². The van der Waals surface area contributed by atoms with Gasteiger partial charge in [-0.05, 0) is 40.5 Å². The second-order valence-corrected chi connectivity index (χ2v) is 6.22. The minimum absolute atomic E-state index is 0.225. The monoisotopic (exact) mass is 280 g/mol. The van der Waals surface area contributed by atoms with Crippen molar-refractivity contribution in [1.29, 1.82) is 0 Å². The van der Waals surface area contributed by atoms with E-state index >= 15 is 0 Å². The highest BCUT2D eigenvalue weighted by atomic mass is 16.5. The summed E-state index contributed by atoms with van der Waals surface area (Å²) >= 11 is 0. The van der Waals surface area contributed by atoms with Crippen LogP contribution in [0.4, 0.5) is 0 Å². The third-order valence-electron chi connectivity index (χ3n) is 5.08. The largest absolute Gasteiger partial charge is 0.378 e. The molecule has 2 rings (SSSR count).